The molecule has 0 spiro atoms. The minimum atomic E-state index is -3.22. The zero-order valence-electron chi connectivity index (χ0n) is 10.1. The Hall–Kier alpha value is -1.40. The average Bonchev–Trinajstić information content (AvgIpc) is 2.24. The number of nitrogens with one attached hydrogen (secondary N) is 1. The summed E-state index contributed by atoms with van der Waals surface area (Å²) >= 11 is 0. The van der Waals surface area contributed by atoms with E-state index in [2.05, 4.69) is 10.4 Å². The van der Waals surface area contributed by atoms with Gasteiger partial charge in [0.25, 0.3) is 0 Å². The van der Waals surface area contributed by atoms with Crippen LogP contribution < -0.4 is 11.3 Å². The number of hydrogen-bond donors (Lipinski definition) is 2. The number of rotatable bonds is 3. The van der Waals surface area contributed by atoms with E-state index >= 15 is 0 Å². The molecule has 0 saturated heterocycles. The SMILES string of the molecule is CC(C)N=C(NN)c1cccc(S(C)(=O)=O)c1. The molecule has 0 atom stereocenters. The van der Waals surface area contributed by atoms with Gasteiger partial charge in [0.05, 0.1) is 4.90 Å². The predicted octanol–water partition coefficient (Wildman–Crippen LogP) is 0.708. The summed E-state index contributed by atoms with van der Waals surface area (Å²) in [7, 11) is -3.22. The molecule has 0 unspecified atom stereocenters. The van der Waals surface area contributed by atoms with Crippen molar-refractivity contribution in [2.75, 3.05) is 6.26 Å². The highest BCUT2D eigenvalue weighted by molar-refractivity contribution is 7.90. The van der Waals surface area contributed by atoms with Gasteiger partial charge in [-0.15, -0.1) is 0 Å². The van der Waals surface area contributed by atoms with E-state index in [0.29, 0.717) is 11.4 Å². The van der Waals surface area contributed by atoms with E-state index in [1.807, 2.05) is 13.8 Å². The highest BCUT2D eigenvalue weighted by Gasteiger charge is 2.10. The third kappa shape index (κ3) is 3.83. The molecule has 0 bridgehead atoms. The van der Waals surface area contributed by atoms with Gasteiger partial charge in [-0.2, -0.15) is 0 Å². The zero-order valence-corrected chi connectivity index (χ0v) is 11.0. The van der Waals surface area contributed by atoms with Gasteiger partial charge in [-0.25, -0.2) is 14.3 Å². The van der Waals surface area contributed by atoms with Crippen LogP contribution in [0, 0.1) is 0 Å². The third-order valence-electron chi connectivity index (χ3n) is 2.06. The lowest BCUT2D eigenvalue weighted by atomic mass is 10.2. The predicted molar refractivity (Wildman–Crippen MR) is 68.5 cm³/mol. The minimum Gasteiger partial charge on any atom is -0.308 e. The molecule has 94 valence electrons. The molecule has 0 aliphatic rings. The lowest BCUT2D eigenvalue weighted by Crippen LogP contribution is -2.32. The first-order valence-electron chi connectivity index (χ1n) is 5.19. The van der Waals surface area contributed by atoms with Crippen LogP contribution >= 0.6 is 0 Å². The maximum Gasteiger partial charge on any atom is 0.175 e. The van der Waals surface area contributed by atoms with E-state index in [1.165, 1.54) is 6.26 Å². The first-order chi connectivity index (χ1) is 7.84. The summed E-state index contributed by atoms with van der Waals surface area (Å²) in [6.07, 6.45) is 1.17. The molecule has 0 aromatic heterocycles. The first kappa shape index (κ1) is 13.7. The Bertz CT molecular complexity index is 521. The highest BCUT2D eigenvalue weighted by Crippen LogP contribution is 2.11. The van der Waals surface area contributed by atoms with Crippen LogP contribution in [-0.4, -0.2) is 26.6 Å². The Kier molecular flexibility index (Phi) is 4.25. The van der Waals surface area contributed by atoms with Crippen molar-refractivity contribution >= 4 is 15.7 Å². The van der Waals surface area contributed by atoms with E-state index in [0.717, 1.165) is 0 Å². The second-order valence-electron chi connectivity index (χ2n) is 4.02. The van der Waals surface area contributed by atoms with Crippen LogP contribution in [0.15, 0.2) is 34.2 Å². The molecule has 1 rings (SSSR count). The Balaban J connectivity index is 3.24. The Morgan fingerprint density at radius 3 is 2.53 bits per heavy atom. The highest BCUT2D eigenvalue weighted by atomic mass is 32.2. The molecule has 0 aliphatic heterocycles. The van der Waals surface area contributed by atoms with Crippen molar-refractivity contribution in [3.8, 4) is 0 Å². The minimum absolute atomic E-state index is 0.0722. The Morgan fingerprint density at radius 2 is 2.06 bits per heavy atom. The molecule has 0 aliphatic carbocycles. The topological polar surface area (TPSA) is 84.5 Å². The van der Waals surface area contributed by atoms with Gasteiger partial charge in [0.2, 0.25) is 0 Å². The Morgan fingerprint density at radius 1 is 1.41 bits per heavy atom. The van der Waals surface area contributed by atoms with E-state index in [4.69, 9.17) is 5.84 Å². The normalized spacial score (nSPS) is 12.9. The standard InChI is InChI=1S/C11H17N3O2S/c1-8(2)13-11(14-12)9-5-4-6-10(7-9)17(3,15)16/h4-8H,12H2,1-3H3,(H,13,14). The van der Waals surface area contributed by atoms with Crippen LogP contribution in [0.3, 0.4) is 0 Å². The Labute approximate surface area is 102 Å². The number of benzene rings is 1. The summed E-state index contributed by atoms with van der Waals surface area (Å²) in [5.74, 6) is 5.86. The monoisotopic (exact) mass is 255 g/mol. The average molecular weight is 255 g/mol. The van der Waals surface area contributed by atoms with Gasteiger partial charge in [-0.05, 0) is 26.0 Å². The molecule has 6 heteroatoms. The zero-order chi connectivity index (χ0) is 13.1. The van der Waals surface area contributed by atoms with Crippen LogP contribution in [0.5, 0.6) is 0 Å². The molecule has 1 aromatic carbocycles. The molecule has 0 fully saturated rings. The second kappa shape index (κ2) is 5.29. The van der Waals surface area contributed by atoms with E-state index in [9.17, 15) is 8.42 Å². The van der Waals surface area contributed by atoms with Crippen LogP contribution in [-0.2, 0) is 9.84 Å². The molecule has 17 heavy (non-hydrogen) atoms. The van der Waals surface area contributed by atoms with Gasteiger partial charge in [0.15, 0.2) is 9.84 Å². The summed E-state index contributed by atoms with van der Waals surface area (Å²) in [4.78, 5) is 4.53. The summed E-state index contributed by atoms with van der Waals surface area (Å²) in [5.41, 5.74) is 3.14. The molecule has 0 saturated carbocycles. The van der Waals surface area contributed by atoms with Crippen molar-refractivity contribution in [2.24, 2.45) is 10.8 Å². The summed E-state index contributed by atoms with van der Waals surface area (Å²) in [6, 6.07) is 6.59. The van der Waals surface area contributed by atoms with Crippen molar-refractivity contribution in [1.29, 1.82) is 0 Å². The molecular formula is C11H17N3O2S. The van der Waals surface area contributed by atoms with Crippen LogP contribution in [0.2, 0.25) is 0 Å². The van der Waals surface area contributed by atoms with Gasteiger partial charge in [0, 0.05) is 17.9 Å². The number of amidine groups is 1. The number of sulfone groups is 1. The third-order valence-corrected chi connectivity index (χ3v) is 3.17. The fourth-order valence-electron chi connectivity index (χ4n) is 1.33. The number of nitrogens with zero attached hydrogens (tertiary/aromatic N) is 1. The van der Waals surface area contributed by atoms with Gasteiger partial charge < -0.3 is 5.43 Å². The van der Waals surface area contributed by atoms with Gasteiger partial charge in [-0.1, -0.05) is 12.1 Å². The van der Waals surface area contributed by atoms with E-state index in [-0.39, 0.29) is 10.9 Å². The number of nitrogens with two attached hydrogens (primary N) is 1. The lowest BCUT2D eigenvalue weighted by Gasteiger charge is -2.09. The van der Waals surface area contributed by atoms with Gasteiger partial charge in [0.1, 0.15) is 5.84 Å². The number of hydrogen-bond acceptors (Lipinski definition) is 4. The lowest BCUT2D eigenvalue weighted by molar-refractivity contribution is 0.602. The van der Waals surface area contributed by atoms with Crippen molar-refractivity contribution in [3.05, 3.63) is 29.8 Å². The van der Waals surface area contributed by atoms with Crippen molar-refractivity contribution < 1.29 is 8.42 Å². The maximum absolute atomic E-state index is 11.4. The number of aliphatic imine (C=N–C) groups is 1. The van der Waals surface area contributed by atoms with Crippen LogP contribution in [0.1, 0.15) is 19.4 Å². The molecule has 3 N–H and O–H groups in total. The maximum atomic E-state index is 11.4. The molecule has 0 amide bonds. The van der Waals surface area contributed by atoms with E-state index in [1.54, 1.807) is 24.3 Å². The molecule has 1 aromatic rings. The first-order valence-corrected chi connectivity index (χ1v) is 7.08. The van der Waals surface area contributed by atoms with Crippen molar-refractivity contribution in [3.63, 3.8) is 0 Å². The van der Waals surface area contributed by atoms with E-state index < -0.39 is 9.84 Å². The molecule has 5 nitrogen and oxygen atoms in total. The molecule has 0 radical (unpaired) electrons. The largest absolute Gasteiger partial charge is 0.308 e. The molecular weight excluding hydrogens is 238 g/mol. The summed E-state index contributed by atoms with van der Waals surface area (Å²) < 4.78 is 22.9. The smallest absolute Gasteiger partial charge is 0.175 e. The van der Waals surface area contributed by atoms with Crippen molar-refractivity contribution in [2.45, 2.75) is 24.8 Å². The summed E-state index contributed by atoms with van der Waals surface area (Å²) in [6.45, 7) is 3.83. The molecule has 0 heterocycles. The van der Waals surface area contributed by atoms with Crippen LogP contribution in [0.4, 0.5) is 0 Å². The quantitative estimate of drug-likeness (QED) is 0.360. The van der Waals surface area contributed by atoms with Gasteiger partial charge >= 0.3 is 0 Å². The fraction of sp³-hybridized carbons (Fsp3) is 0.364. The second-order valence-corrected chi connectivity index (χ2v) is 6.03. The fourth-order valence-corrected chi connectivity index (χ4v) is 1.99. The number of hydrazine groups is 1. The van der Waals surface area contributed by atoms with Crippen LogP contribution in [0.25, 0.3) is 0 Å². The van der Waals surface area contributed by atoms with Crippen molar-refractivity contribution in [1.82, 2.24) is 5.43 Å². The van der Waals surface area contributed by atoms with Gasteiger partial charge in [-0.3, -0.25) is 4.99 Å². The summed E-state index contributed by atoms with van der Waals surface area (Å²) in [5, 5.41) is 0.